The number of ether oxygens (including phenoxy) is 3. The average Bonchev–Trinajstić information content (AvgIpc) is 2.36. The summed E-state index contributed by atoms with van der Waals surface area (Å²) in [7, 11) is 4.20. The number of nitrogens with two attached hydrogens (primary N) is 1. The van der Waals surface area contributed by atoms with E-state index in [-0.39, 0.29) is 12.2 Å². The largest absolute Gasteiger partial charge is 0.507 e. The number of aromatic hydroxyl groups is 1. The summed E-state index contributed by atoms with van der Waals surface area (Å²) < 4.78 is 14.7. The van der Waals surface area contributed by atoms with E-state index in [4.69, 9.17) is 15.2 Å². The quantitative estimate of drug-likeness (QED) is 0.762. The lowest BCUT2D eigenvalue weighted by Crippen LogP contribution is -2.17. The van der Waals surface area contributed by atoms with Crippen molar-refractivity contribution in [3.05, 3.63) is 17.7 Å². The fourth-order valence-corrected chi connectivity index (χ4v) is 1.61. The maximum Gasteiger partial charge on any atom is 0.307 e. The molecule has 0 aromatic heterocycles. The van der Waals surface area contributed by atoms with Crippen LogP contribution in [0.1, 0.15) is 18.0 Å². The van der Waals surface area contributed by atoms with Gasteiger partial charge >= 0.3 is 5.97 Å². The Kier molecular flexibility index (Phi) is 4.79. The number of benzene rings is 1. The Labute approximate surface area is 105 Å². The molecule has 1 rings (SSSR count). The van der Waals surface area contributed by atoms with Gasteiger partial charge in [-0.05, 0) is 0 Å². The van der Waals surface area contributed by atoms with Gasteiger partial charge in [0.25, 0.3) is 0 Å². The van der Waals surface area contributed by atoms with Gasteiger partial charge in [-0.2, -0.15) is 0 Å². The van der Waals surface area contributed by atoms with E-state index in [1.165, 1.54) is 27.4 Å². The minimum Gasteiger partial charge on any atom is -0.507 e. The molecule has 1 atom stereocenters. The van der Waals surface area contributed by atoms with Gasteiger partial charge in [0.1, 0.15) is 17.2 Å². The Bertz CT molecular complexity index is 433. The highest BCUT2D eigenvalue weighted by Crippen LogP contribution is 2.37. The highest BCUT2D eigenvalue weighted by molar-refractivity contribution is 5.71. The summed E-state index contributed by atoms with van der Waals surface area (Å²) >= 11 is 0. The highest BCUT2D eigenvalue weighted by Gasteiger charge is 2.21. The van der Waals surface area contributed by atoms with Crippen molar-refractivity contribution in [1.82, 2.24) is 0 Å². The number of hydrogen-bond acceptors (Lipinski definition) is 6. The molecule has 1 aromatic rings. The first-order valence-corrected chi connectivity index (χ1v) is 5.30. The molecule has 0 spiro atoms. The number of carbonyl (C=O) groups is 1. The smallest absolute Gasteiger partial charge is 0.307 e. The lowest BCUT2D eigenvalue weighted by molar-refractivity contribution is -0.141. The van der Waals surface area contributed by atoms with Gasteiger partial charge in [-0.15, -0.1) is 0 Å². The normalized spacial score (nSPS) is 11.8. The van der Waals surface area contributed by atoms with Gasteiger partial charge in [0, 0.05) is 18.2 Å². The molecule has 0 saturated carbocycles. The van der Waals surface area contributed by atoms with Crippen molar-refractivity contribution in [2.24, 2.45) is 5.73 Å². The molecule has 18 heavy (non-hydrogen) atoms. The van der Waals surface area contributed by atoms with Gasteiger partial charge in [-0.1, -0.05) is 0 Å². The maximum atomic E-state index is 11.2. The molecule has 3 N–H and O–H groups in total. The van der Waals surface area contributed by atoms with E-state index in [9.17, 15) is 9.90 Å². The number of hydrogen-bond donors (Lipinski definition) is 2. The molecule has 0 aliphatic carbocycles. The van der Waals surface area contributed by atoms with Crippen molar-refractivity contribution < 1.29 is 24.1 Å². The molecule has 0 bridgehead atoms. The lowest BCUT2D eigenvalue weighted by atomic mass is 10.0. The highest BCUT2D eigenvalue weighted by atomic mass is 16.5. The second-order valence-corrected chi connectivity index (χ2v) is 3.65. The van der Waals surface area contributed by atoms with Crippen LogP contribution in [0.5, 0.6) is 17.2 Å². The third-order valence-electron chi connectivity index (χ3n) is 2.53. The van der Waals surface area contributed by atoms with E-state index in [2.05, 4.69) is 4.74 Å². The number of esters is 1. The van der Waals surface area contributed by atoms with Crippen LogP contribution in [0, 0.1) is 0 Å². The molecular formula is C12H17NO5. The van der Waals surface area contributed by atoms with Gasteiger partial charge < -0.3 is 25.1 Å². The number of phenols is 1. The van der Waals surface area contributed by atoms with E-state index in [1.807, 2.05) is 0 Å². The Morgan fingerprint density at radius 1 is 1.33 bits per heavy atom. The van der Waals surface area contributed by atoms with Crippen LogP contribution in [-0.2, 0) is 9.53 Å². The summed E-state index contributed by atoms with van der Waals surface area (Å²) in [5.41, 5.74) is 6.21. The van der Waals surface area contributed by atoms with E-state index < -0.39 is 12.0 Å². The van der Waals surface area contributed by atoms with E-state index in [0.29, 0.717) is 17.1 Å². The lowest BCUT2D eigenvalue weighted by Gasteiger charge is -2.17. The third-order valence-corrected chi connectivity index (χ3v) is 2.53. The van der Waals surface area contributed by atoms with Crippen LogP contribution in [0.3, 0.4) is 0 Å². The van der Waals surface area contributed by atoms with Crippen molar-refractivity contribution in [2.75, 3.05) is 21.3 Å². The molecule has 0 fully saturated rings. The monoisotopic (exact) mass is 255 g/mol. The van der Waals surface area contributed by atoms with Crippen LogP contribution < -0.4 is 15.2 Å². The number of rotatable bonds is 5. The molecule has 0 unspecified atom stereocenters. The Balaban J connectivity index is 3.10. The summed E-state index contributed by atoms with van der Waals surface area (Å²) in [5, 5.41) is 9.90. The molecule has 0 aliphatic rings. The summed E-state index contributed by atoms with van der Waals surface area (Å²) in [6.07, 6.45) is -0.0489. The Morgan fingerprint density at radius 2 is 2.00 bits per heavy atom. The van der Waals surface area contributed by atoms with Crippen LogP contribution in [0.2, 0.25) is 0 Å². The Hall–Kier alpha value is -1.95. The van der Waals surface area contributed by atoms with Crippen LogP contribution in [0.4, 0.5) is 0 Å². The summed E-state index contributed by atoms with van der Waals surface area (Å²) in [6, 6.07) is 2.29. The maximum absolute atomic E-state index is 11.2. The van der Waals surface area contributed by atoms with Crippen molar-refractivity contribution in [2.45, 2.75) is 12.5 Å². The van der Waals surface area contributed by atoms with Crippen molar-refractivity contribution in [3.8, 4) is 17.2 Å². The molecule has 1 aromatic carbocycles. The standard InChI is InChI=1S/C12H17NO5/c1-16-7-4-9(14)12(10(5-7)17-2)8(13)6-11(15)18-3/h4-5,8,14H,6,13H2,1-3H3/t8-/m0/s1. The number of carbonyl (C=O) groups excluding carboxylic acids is 1. The zero-order valence-corrected chi connectivity index (χ0v) is 10.6. The molecule has 0 saturated heterocycles. The minimum atomic E-state index is -0.710. The van der Waals surface area contributed by atoms with Gasteiger partial charge in [-0.25, -0.2) is 0 Å². The molecule has 100 valence electrons. The summed E-state index contributed by atoms with van der Waals surface area (Å²) in [5.74, 6) is 0.268. The zero-order valence-electron chi connectivity index (χ0n) is 10.6. The summed E-state index contributed by atoms with van der Waals surface area (Å²) in [4.78, 5) is 11.2. The molecule has 0 heterocycles. The van der Waals surface area contributed by atoms with Crippen LogP contribution in [0.25, 0.3) is 0 Å². The molecule has 0 radical (unpaired) electrons. The van der Waals surface area contributed by atoms with E-state index in [0.717, 1.165) is 0 Å². The third kappa shape index (κ3) is 3.04. The molecule has 6 nitrogen and oxygen atoms in total. The van der Waals surface area contributed by atoms with Gasteiger partial charge in [0.15, 0.2) is 0 Å². The predicted octanol–water partition coefficient (Wildman–Crippen LogP) is 0.972. The minimum absolute atomic E-state index is 0.0489. The molecular weight excluding hydrogens is 238 g/mol. The summed E-state index contributed by atoms with van der Waals surface area (Å²) in [6.45, 7) is 0. The molecule has 0 amide bonds. The number of phenolic OH excluding ortho intramolecular Hbond substituents is 1. The van der Waals surface area contributed by atoms with Gasteiger partial charge in [-0.3, -0.25) is 4.79 Å². The number of methoxy groups -OCH3 is 3. The van der Waals surface area contributed by atoms with Crippen molar-refractivity contribution in [3.63, 3.8) is 0 Å². The zero-order chi connectivity index (χ0) is 13.7. The topological polar surface area (TPSA) is 91.0 Å². The predicted molar refractivity (Wildman–Crippen MR) is 64.8 cm³/mol. The first-order valence-electron chi connectivity index (χ1n) is 5.30. The van der Waals surface area contributed by atoms with E-state index >= 15 is 0 Å². The van der Waals surface area contributed by atoms with Crippen LogP contribution >= 0.6 is 0 Å². The fraction of sp³-hybridized carbons (Fsp3) is 0.417. The van der Waals surface area contributed by atoms with Crippen LogP contribution in [0.15, 0.2) is 12.1 Å². The van der Waals surface area contributed by atoms with Gasteiger partial charge in [0.2, 0.25) is 0 Å². The van der Waals surface area contributed by atoms with Crippen molar-refractivity contribution in [1.29, 1.82) is 0 Å². The van der Waals surface area contributed by atoms with E-state index in [1.54, 1.807) is 6.07 Å². The molecule has 6 heteroatoms. The molecule has 0 aliphatic heterocycles. The second kappa shape index (κ2) is 6.11. The Morgan fingerprint density at radius 3 is 2.50 bits per heavy atom. The average molecular weight is 255 g/mol. The SMILES string of the molecule is COC(=O)C[C@H](N)c1c(O)cc(OC)cc1OC. The van der Waals surface area contributed by atoms with Gasteiger partial charge in [0.05, 0.1) is 33.3 Å². The van der Waals surface area contributed by atoms with Crippen LogP contribution in [-0.4, -0.2) is 32.4 Å². The second-order valence-electron chi connectivity index (χ2n) is 3.65. The van der Waals surface area contributed by atoms with Crippen molar-refractivity contribution >= 4 is 5.97 Å². The fourth-order valence-electron chi connectivity index (χ4n) is 1.61. The first kappa shape index (κ1) is 14.1. The first-order chi connectivity index (χ1) is 8.53.